The summed E-state index contributed by atoms with van der Waals surface area (Å²) in [6.07, 6.45) is 0. The molecule has 21 heavy (non-hydrogen) atoms. The molecule has 0 atom stereocenters. The number of pyridine rings is 1. The van der Waals surface area contributed by atoms with Crippen LogP contribution in [0.2, 0.25) is 0 Å². The lowest BCUT2D eigenvalue weighted by Crippen LogP contribution is -2.37. The largest absolute Gasteiger partial charge is 0.478 e. The van der Waals surface area contributed by atoms with E-state index < -0.39 is 5.97 Å². The number of carboxylic acids is 1. The maximum absolute atomic E-state index is 11.4. The summed E-state index contributed by atoms with van der Waals surface area (Å²) in [6, 6.07) is 13.1. The molecule has 3 rings (SSSR count). The molecule has 0 aliphatic carbocycles. The first kappa shape index (κ1) is 13.6. The first-order valence-corrected chi connectivity index (χ1v) is 6.88. The van der Waals surface area contributed by atoms with Crippen molar-refractivity contribution in [3.05, 3.63) is 48.0 Å². The van der Waals surface area contributed by atoms with Gasteiger partial charge in [-0.05, 0) is 12.1 Å². The number of aromatic carboxylic acids is 1. The van der Waals surface area contributed by atoms with Crippen molar-refractivity contribution in [2.24, 2.45) is 0 Å². The molecule has 0 radical (unpaired) electrons. The highest BCUT2D eigenvalue weighted by Crippen LogP contribution is 2.25. The van der Waals surface area contributed by atoms with Crippen LogP contribution in [0.25, 0.3) is 11.3 Å². The van der Waals surface area contributed by atoms with Gasteiger partial charge in [0.15, 0.2) is 0 Å². The van der Waals surface area contributed by atoms with E-state index in [1.807, 2.05) is 35.2 Å². The van der Waals surface area contributed by atoms with Crippen molar-refractivity contribution >= 4 is 11.8 Å². The molecule has 0 bridgehead atoms. The Labute approximate surface area is 122 Å². The predicted octanol–water partition coefficient (Wildman–Crippen LogP) is 2.28. The Balaban J connectivity index is 2.03. The third kappa shape index (κ3) is 2.87. The van der Waals surface area contributed by atoms with Crippen molar-refractivity contribution in [3.63, 3.8) is 0 Å². The lowest BCUT2D eigenvalue weighted by Gasteiger charge is -2.29. The van der Waals surface area contributed by atoms with Crippen molar-refractivity contribution < 1.29 is 14.6 Å². The Morgan fingerprint density at radius 1 is 1.10 bits per heavy atom. The molecule has 1 N–H and O–H groups in total. The summed E-state index contributed by atoms with van der Waals surface area (Å²) in [5.41, 5.74) is 1.99. The van der Waals surface area contributed by atoms with Gasteiger partial charge in [-0.2, -0.15) is 0 Å². The van der Waals surface area contributed by atoms with Crippen molar-refractivity contribution in [1.29, 1.82) is 0 Å². The first-order chi connectivity index (χ1) is 10.3. The summed E-state index contributed by atoms with van der Waals surface area (Å²) in [5, 5.41) is 9.36. The average molecular weight is 284 g/mol. The minimum absolute atomic E-state index is 0.233. The molecule has 1 aliphatic rings. The quantitative estimate of drug-likeness (QED) is 0.937. The minimum Gasteiger partial charge on any atom is -0.478 e. The first-order valence-electron chi connectivity index (χ1n) is 6.88. The molecule has 2 heterocycles. The molecular formula is C16H16N2O3. The van der Waals surface area contributed by atoms with Crippen LogP contribution in [0.4, 0.5) is 5.82 Å². The molecule has 0 saturated carbocycles. The van der Waals surface area contributed by atoms with Crippen LogP contribution in [-0.4, -0.2) is 42.4 Å². The molecule has 108 valence electrons. The van der Waals surface area contributed by atoms with Crippen molar-refractivity contribution in [1.82, 2.24) is 4.98 Å². The summed E-state index contributed by atoms with van der Waals surface area (Å²) in [5.74, 6) is -0.434. The number of ether oxygens (including phenoxy) is 1. The van der Waals surface area contributed by atoms with Crippen LogP contribution in [0, 0.1) is 0 Å². The molecule has 1 fully saturated rings. The predicted molar refractivity (Wildman–Crippen MR) is 79.7 cm³/mol. The zero-order valence-electron chi connectivity index (χ0n) is 11.5. The highest BCUT2D eigenvalue weighted by molar-refractivity contribution is 5.94. The Morgan fingerprint density at radius 3 is 2.48 bits per heavy atom. The van der Waals surface area contributed by atoms with Crippen LogP contribution in [0.15, 0.2) is 42.5 Å². The van der Waals surface area contributed by atoms with Gasteiger partial charge >= 0.3 is 5.97 Å². The fraction of sp³-hybridized carbons (Fsp3) is 0.250. The van der Waals surface area contributed by atoms with Crippen molar-refractivity contribution in [2.45, 2.75) is 0 Å². The molecule has 1 aliphatic heterocycles. The van der Waals surface area contributed by atoms with E-state index in [4.69, 9.17) is 4.74 Å². The van der Waals surface area contributed by atoms with Gasteiger partial charge in [-0.25, -0.2) is 9.78 Å². The summed E-state index contributed by atoms with van der Waals surface area (Å²) in [4.78, 5) is 18.0. The number of morpholine rings is 1. The zero-order valence-corrected chi connectivity index (χ0v) is 11.5. The van der Waals surface area contributed by atoms with Gasteiger partial charge in [0.25, 0.3) is 0 Å². The number of rotatable bonds is 3. The normalized spacial score (nSPS) is 15.0. The van der Waals surface area contributed by atoms with E-state index in [1.54, 1.807) is 12.1 Å². The van der Waals surface area contributed by atoms with Gasteiger partial charge in [0.05, 0.1) is 18.9 Å². The molecule has 2 aromatic rings. The van der Waals surface area contributed by atoms with Gasteiger partial charge in [-0.3, -0.25) is 0 Å². The van der Waals surface area contributed by atoms with Crippen LogP contribution in [0.1, 0.15) is 10.4 Å². The summed E-state index contributed by atoms with van der Waals surface area (Å²) in [6.45, 7) is 2.50. The molecular weight excluding hydrogens is 268 g/mol. The number of anilines is 1. The van der Waals surface area contributed by atoms with Crippen LogP contribution in [-0.2, 0) is 4.74 Å². The second kappa shape index (κ2) is 5.93. The van der Waals surface area contributed by atoms with Gasteiger partial charge in [-0.15, -0.1) is 0 Å². The molecule has 5 heteroatoms. The lowest BCUT2D eigenvalue weighted by molar-refractivity contribution is 0.0696. The van der Waals surface area contributed by atoms with E-state index in [1.165, 1.54) is 0 Å². The SMILES string of the molecule is O=C(O)c1ccc(-c2ccccc2)nc1N1CCOCC1. The van der Waals surface area contributed by atoms with E-state index in [2.05, 4.69) is 4.98 Å². The van der Waals surface area contributed by atoms with E-state index in [9.17, 15) is 9.90 Å². The Hall–Kier alpha value is -2.40. The highest BCUT2D eigenvalue weighted by atomic mass is 16.5. The van der Waals surface area contributed by atoms with E-state index in [-0.39, 0.29) is 5.56 Å². The molecule has 0 amide bonds. The van der Waals surface area contributed by atoms with E-state index in [0.29, 0.717) is 32.1 Å². The summed E-state index contributed by atoms with van der Waals surface area (Å²) >= 11 is 0. The third-order valence-electron chi connectivity index (χ3n) is 3.49. The molecule has 1 aromatic carbocycles. The number of nitrogens with zero attached hydrogens (tertiary/aromatic N) is 2. The second-order valence-corrected chi connectivity index (χ2v) is 4.84. The van der Waals surface area contributed by atoms with Gasteiger partial charge in [-0.1, -0.05) is 30.3 Å². The van der Waals surface area contributed by atoms with Gasteiger partial charge in [0.2, 0.25) is 0 Å². The molecule has 1 saturated heterocycles. The lowest BCUT2D eigenvalue weighted by atomic mass is 10.1. The number of hydrogen-bond donors (Lipinski definition) is 1. The van der Waals surface area contributed by atoms with Gasteiger partial charge in [0, 0.05) is 18.7 Å². The highest BCUT2D eigenvalue weighted by Gasteiger charge is 2.20. The molecule has 1 aromatic heterocycles. The standard InChI is InChI=1S/C16H16N2O3/c19-16(20)13-6-7-14(12-4-2-1-3-5-12)17-15(13)18-8-10-21-11-9-18/h1-7H,8-11H2,(H,19,20). The monoisotopic (exact) mass is 284 g/mol. The molecule has 0 spiro atoms. The third-order valence-corrected chi connectivity index (χ3v) is 3.49. The number of hydrogen-bond acceptors (Lipinski definition) is 4. The Morgan fingerprint density at radius 2 is 1.81 bits per heavy atom. The van der Waals surface area contributed by atoms with Crippen molar-refractivity contribution in [2.75, 3.05) is 31.2 Å². The minimum atomic E-state index is -0.955. The van der Waals surface area contributed by atoms with Crippen LogP contribution in [0.3, 0.4) is 0 Å². The fourth-order valence-corrected chi connectivity index (χ4v) is 2.40. The summed E-state index contributed by atoms with van der Waals surface area (Å²) < 4.78 is 5.32. The maximum Gasteiger partial charge on any atom is 0.339 e. The number of carbonyl (C=O) groups is 1. The number of aromatic nitrogens is 1. The molecule has 0 unspecified atom stereocenters. The van der Waals surface area contributed by atoms with Crippen molar-refractivity contribution in [3.8, 4) is 11.3 Å². The fourth-order valence-electron chi connectivity index (χ4n) is 2.40. The maximum atomic E-state index is 11.4. The smallest absolute Gasteiger partial charge is 0.339 e. The van der Waals surface area contributed by atoms with Crippen LogP contribution in [0.5, 0.6) is 0 Å². The second-order valence-electron chi connectivity index (χ2n) is 4.84. The summed E-state index contributed by atoms with van der Waals surface area (Å²) in [7, 11) is 0. The average Bonchev–Trinajstić information content (AvgIpc) is 2.56. The van der Waals surface area contributed by atoms with Gasteiger partial charge < -0.3 is 14.7 Å². The number of benzene rings is 1. The Bertz CT molecular complexity index is 637. The van der Waals surface area contributed by atoms with Crippen LogP contribution >= 0.6 is 0 Å². The van der Waals surface area contributed by atoms with E-state index in [0.717, 1.165) is 11.3 Å². The van der Waals surface area contributed by atoms with Crippen LogP contribution < -0.4 is 4.90 Å². The van der Waals surface area contributed by atoms with Gasteiger partial charge in [0.1, 0.15) is 11.4 Å². The molecule has 5 nitrogen and oxygen atoms in total. The van der Waals surface area contributed by atoms with E-state index >= 15 is 0 Å². The number of carboxylic acid groups (broad SMARTS) is 1. The topological polar surface area (TPSA) is 62.7 Å². The zero-order chi connectivity index (χ0) is 14.7. The Kier molecular flexibility index (Phi) is 3.83.